The maximum absolute atomic E-state index is 4.40. The van der Waals surface area contributed by atoms with Crippen LogP contribution >= 0.6 is 39.5 Å². The van der Waals surface area contributed by atoms with Gasteiger partial charge in [-0.2, -0.15) is 0 Å². The Bertz CT molecular complexity index is 283. The molecule has 0 radical (unpaired) electrons. The predicted molar refractivity (Wildman–Crippen MR) is 69.1 cm³/mol. The Morgan fingerprint density at radius 1 is 1.21 bits per heavy atom. The van der Waals surface area contributed by atoms with E-state index in [0.29, 0.717) is 0 Å². The van der Waals surface area contributed by atoms with Crippen molar-refractivity contribution >= 4 is 45.3 Å². The number of pyridine rings is 1. The number of halogens is 1. The van der Waals surface area contributed by atoms with Gasteiger partial charge in [0.05, 0.1) is 11.8 Å². The maximum Gasteiger partial charge on any atom is 0.129 e. The minimum Gasteiger partial charge on any atom is -0.338 e. The second-order valence-corrected chi connectivity index (χ2v) is 6.01. The number of thioether (sulfide) groups is 2. The molecule has 1 aromatic heterocycles. The normalized spacial score (nSPS) is 17.9. The summed E-state index contributed by atoms with van der Waals surface area (Å²) in [5.74, 6) is 5.69. The number of anilines is 1. The van der Waals surface area contributed by atoms with Crippen LogP contribution in [0.15, 0.2) is 22.8 Å². The highest BCUT2D eigenvalue weighted by Crippen LogP contribution is 2.23. The van der Waals surface area contributed by atoms with Crippen LogP contribution in [-0.4, -0.2) is 28.2 Å². The van der Waals surface area contributed by atoms with Crippen LogP contribution in [0.3, 0.4) is 0 Å². The van der Waals surface area contributed by atoms with Crippen molar-refractivity contribution in [3.05, 3.63) is 22.8 Å². The average molecular weight is 291 g/mol. The van der Waals surface area contributed by atoms with E-state index in [9.17, 15) is 0 Å². The molecule has 1 aliphatic rings. The Labute approximate surface area is 101 Å². The number of nitrogens with zero attached hydrogens (tertiary/aromatic N) is 2. The van der Waals surface area contributed by atoms with Crippen LogP contribution in [0.2, 0.25) is 0 Å². The van der Waals surface area contributed by atoms with E-state index in [4.69, 9.17) is 0 Å². The van der Waals surface area contributed by atoms with Crippen LogP contribution in [0, 0.1) is 0 Å². The third-order valence-corrected chi connectivity index (χ3v) is 4.60. The molecule has 5 heteroatoms. The van der Waals surface area contributed by atoms with Crippen molar-refractivity contribution in [1.29, 1.82) is 0 Å². The standard InChI is InChI=1S/C9H11BrN2S2/c10-8-1-2-9(11-5-8)12-6-13-3-4-14-7-12/h1-2,5H,3-4,6-7H2. The molecule has 76 valence electrons. The quantitative estimate of drug-likeness (QED) is 0.790. The van der Waals surface area contributed by atoms with Crippen molar-refractivity contribution in [2.75, 3.05) is 28.2 Å². The van der Waals surface area contributed by atoms with Crippen LogP contribution in [0.25, 0.3) is 0 Å². The Kier molecular flexibility index (Phi) is 4.01. The molecule has 1 fully saturated rings. The third kappa shape index (κ3) is 2.81. The number of hydrogen-bond acceptors (Lipinski definition) is 4. The topological polar surface area (TPSA) is 16.1 Å². The molecule has 0 amide bonds. The van der Waals surface area contributed by atoms with Crippen molar-refractivity contribution in [3.63, 3.8) is 0 Å². The fraction of sp³-hybridized carbons (Fsp3) is 0.444. The maximum atomic E-state index is 4.40. The summed E-state index contributed by atoms with van der Waals surface area (Å²) in [7, 11) is 0. The summed E-state index contributed by atoms with van der Waals surface area (Å²) >= 11 is 7.35. The lowest BCUT2D eigenvalue weighted by atomic mass is 10.4. The van der Waals surface area contributed by atoms with E-state index in [1.54, 1.807) is 0 Å². The summed E-state index contributed by atoms with van der Waals surface area (Å²) in [6.45, 7) is 0. The highest BCUT2D eigenvalue weighted by molar-refractivity contribution is 9.10. The monoisotopic (exact) mass is 290 g/mol. The molecule has 1 aromatic rings. The van der Waals surface area contributed by atoms with E-state index in [1.807, 2.05) is 35.8 Å². The molecule has 2 heterocycles. The number of hydrogen-bond donors (Lipinski definition) is 0. The smallest absolute Gasteiger partial charge is 0.129 e. The van der Waals surface area contributed by atoms with Gasteiger partial charge in [0.1, 0.15) is 5.82 Å². The molecule has 0 atom stereocenters. The molecule has 0 unspecified atom stereocenters. The molecule has 0 saturated carbocycles. The van der Waals surface area contributed by atoms with E-state index >= 15 is 0 Å². The predicted octanol–water partition coefficient (Wildman–Crippen LogP) is 3.05. The van der Waals surface area contributed by atoms with E-state index in [2.05, 4.69) is 31.9 Å². The molecule has 1 aliphatic heterocycles. The van der Waals surface area contributed by atoms with Crippen molar-refractivity contribution in [3.8, 4) is 0 Å². The first-order valence-corrected chi connectivity index (χ1v) is 7.48. The van der Waals surface area contributed by atoms with Crippen LogP contribution in [-0.2, 0) is 0 Å². The first-order valence-electron chi connectivity index (χ1n) is 4.38. The lowest BCUT2D eigenvalue weighted by molar-refractivity contribution is 1.02. The molecule has 1 saturated heterocycles. The third-order valence-electron chi connectivity index (χ3n) is 1.90. The van der Waals surface area contributed by atoms with Gasteiger partial charge in [0, 0.05) is 22.2 Å². The summed E-state index contributed by atoms with van der Waals surface area (Å²) in [6.07, 6.45) is 1.86. The van der Waals surface area contributed by atoms with E-state index < -0.39 is 0 Å². The van der Waals surface area contributed by atoms with Gasteiger partial charge in [-0.25, -0.2) is 4.98 Å². The van der Waals surface area contributed by atoms with Crippen LogP contribution in [0.1, 0.15) is 0 Å². The summed E-state index contributed by atoms with van der Waals surface area (Å²) in [4.78, 5) is 6.71. The first-order chi connectivity index (χ1) is 6.86. The fourth-order valence-corrected chi connectivity index (χ4v) is 3.63. The zero-order valence-corrected chi connectivity index (χ0v) is 10.9. The van der Waals surface area contributed by atoms with Gasteiger partial charge >= 0.3 is 0 Å². The Morgan fingerprint density at radius 2 is 1.93 bits per heavy atom. The summed E-state index contributed by atoms with van der Waals surface area (Å²) in [6, 6.07) is 4.11. The molecule has 0 spiro atoms. The molecule has 2 nitrogen and oxygen atoms in total. The van der Waals surface area contributed by atoms with E-state index in [0.717, 1.165) is 22.0 Å². The van der Waals surface area contributed by atoms with Gasteiger partial charge in [0.15, 0.2) is 0 Å². The Morgan fingerprint density at radius 3 is 2.50 bits per heavy atom. The first kappa shape index (κ1) is 10.6. The average Bonchev–Trinajstić information content (AvgIpc) is 2.47. The Hall–Kier alpha value is 0.130. The number of rotatable bonds is 1. The molecule has 14 heavy (non-hydrogen) atoms. The SMILES string of the molecule is Brc1ccc(N2CSCCSC2)nc1. The van der Waals surface area contributed by atoms with Gasteiger partial charge in [-0.15, -0.1) is 23.5 Å². The molecule has 0 aromatic carbocycles. The van der Waals surface area contributed by atoms with Gasteiger partial charge in [0.2, 0.25) is 0 Å². The van der Waals surface area contributed by atoms with E-state index in [1.165, 1.54) is 11.5 Å². The Balaban J connectivity index is 2.08. The molecule has 2 rings (SSSR count). The molecule has 0 N–H and O–H groups in total. The molecule has 0 aliphatic carbocycles. The second-order valence-electron chi connectivity index (χ2n) is 2.95. The molecular weight excluding hydrogens is 280 g/mol. The lowest BCUT2D eigenvalue weighted by Crippen LogP contribution is -2.21. The van der Waals surface area contributed by atoms with Gasteiger partial charge in [-0.1, -0.05) is 0 Å². The van der Waals surface area contributed by atoms with Crippen LogP contribution in [0.4, 0.5) is 5.82 Å². The van der Waals surface area contributed by atoms with Crippen molar-refractivity contribution in [2.45, 2.75) is 0 Å². The zero-order valence-electron chi connectivity index (χ0n) is 7.65. The van der Waals surface area contributed by atoms with Gasteiger partial charge < -0.3 is 4.90 Å². The minimum absolute atomic E-state index is 1.04. The highest BCUT2D eigenvalue weighted by atomic mass is 79.9. The van der Waals surface area contributed by atoms with Crippen LogP contribution in [0.5, 0.6) is 0 Å². The molecular formula is C9H11BrN2S2. The highest BCUT2D eigenvalue weighted by Gasteiger charge is 2.10. The summed E-state index contributed by atoms with van der Waals surface area (Å²) in [5, 5.41) is 0. The summed E-state index contributed by atoms with van der Waals surface area (Å²) in [5.41, 5.74) is 0. The summed E-state index contributed by atoms with van der Waals surface area (Å²) < 4.78 is 1.04. The van der Waals surface area contributed by atoms with Crippen molar-refractivity contribution < 1.29 is 0 Å². The zero-order chi connectivity index (χ0) is 9.80. The van der Waals surface area contributed by atoms with Crippen LogP contribution < -0.4 is 4.90 Å². The van der Waals surface area contributed by atoms with Gasteiger partial charge in [-0.3, -0.25) is 0 Å². The van der Waals surface area contributed by atoms with Crippen molar-refractivity contribution in [2.24, 2.45) is 0 Å². The number of aromatic nitrogens is 1. The second kappa shape index (κ2) is 5.28. The van der Waals surface area contributed by atoms with Gasteiger partial charge in [-0.05, 0) is 28.1 Å². The van der Waals surface area contributed by atoms with E-state index in [-0.39, 0.29) is 0 Å². The molecule has 0 bridgehead atoms. The largest absolute Gasteiger partial charge is 0.338 e. The van der Waals surface area contributed by atoms with Gasteiger partial charge in [0.25, 0.3) is 0 Å². The lowest BCUT2D eigenvalue weighted by Gasteiger charge is -2.19. The fourth-order valence-electron chi connectivity index (χ4n) is 1.19. The minimum atomic E-state index is 1.04. The van der Waals surface area contributed by atoms with Crippen molar-refractivity contribution in [1.82, 2.24) is 4.98 Å².